The monoisotopic (exact) mass is 284 g/mol. The van der Waals surface area contributed by atoms with E-state index in [9.17, 15) is 9.59 Å². The van der Waals surface area contributed by atoms with Gasteiger partial charge in [0, 0.05) is 5.56 Å². The molecule has 0 saturated heterocycles. The topological polar surface area (TPSA) is 79.3 Å². The minimum absolute atomic E-state index is 0.134. The van der Waals surface area contributed by atoms with Gasteiger partial charge < -0.3 is 10.4 Å². The number of nitrogens with zero attached hydrogens (tertiary/aromatic N) is 1. The number of amides is 1. The number of carbonyl (C=O) groups is 2. The van der Waals surface area contributed by atoms with Crippen LogP contribution >= 0.6 is 0 Å². The number of carboxylic acids is 1. The van der Waals surface area contributed by atoms with Gasteiger partial charge in [0.25, 0.3) is 5.91 Å². The molecule has 1 heterocycles. The van der Waals surface area contributed by atoms with Gasteiger partial charge in [0.15, 0.2) is 0 Å². The first-order valence-corrected chi connectivity index (χ1v) is 6.51. The molecule has 2 N–H and O–H groups in total. The SMILES string of the molecule is Cc1ccc(C(=O)Nc2ccc(CC(=O)O)nc2)c(C)c1. The van der Waals surface area contributed by atoms with E-state index >= 15 is 0 Å². The number of carboxylic acid groups (broad SMARTS) is 1. The van der Waals surface area contributed by atoms with Crippen LogP contribution in [0.4, 0.5) is 5.69 Å². The quantitative estimate of drug-likeness (QED) is 0.904. The second kappa shape index (κ2) is 6.17. The molecule has 0 radical (unpaired) electrons. The minimum Gasteiger partial charge on any atom is -0.481 e. The van der Waals surface area contributed by atoms with E-state index in [2.05, 4.69) is 10.3 Å². The predicted octanol–water partition coefficient (Wildman–Crippen LogP) is 2.58. The molecule has 1 aromatic heterocycles. The van der Waals surface area contributed by atoms with Crippen LogP contribution in [0.15, 0.2) is 36.5 Å². The maximum absolute atomic E-state index is 12.2. The molecule has 1 amide bonds. The summed E-state index contributed by atoms with van der Waals surface area (Å²) >= 11 is 0. The number of rotatable bonds is 4. The summed E-state index contributed by atoms with van der Waals surface area (Å²) in [6.07, 6.45) is 1.32. The highest BCUT2D eigenvalue weighted by Gasteiger charge is 2.10. The van der Waals surface area contributed by atoms with E-state index in [1.807, 2.05) is 26.0 Å². The number of benzene rings is 1. The van der Waals surface area contributed by atoms with Gasteiger partial charge in [-0.15, -0.1) is 0 Å². The minimum atomic E-state index is -0.936. The van der Waals surface area contributed by atoms with Gasteiger partial charge in [-0.25, -0.2) is 0 Å². The number of aryl methyl sites for hydroxylation is 2. The van der Waals surface area contributed by atoms with Crippen molar-refractivity contribution in [2.24, 2.45) is 0 Å². The van der Waals surface area contributed by atoms with Gasteiger partial charge in [-0.05, 0) is 37.6 Å². The van der Waals surface area contributed by atoms with Crippen LogP contribution in [-0.4, -0.2) is 22.0 Å². The zero-order valence-electron chi connectivity index (χ0n) is 11.9. The fraction of sp³-hybridized carbons (Fsp3) is 0.188. The Morgan fingerprint density at radius 3 is 2.52 bits per heavy atom. The zero-order valence-corrected chi connectivity index (χ0v) is 11.9. The first kappa shape index (κ1) is 14.7. The normalized spacial score (nSPS) is 10.2. The summed E-state index contributed by atoms with van der Waals surface area (Å²) in [6.45, 7) is 3.86. The second-order valence-electron chi connectivity index (χ2n) is 4.88. The molecular weight excluding hydrogens is 268 g/mol. The summed E-state index contributed by atoms with van der Waals surface area (Å²) < 4.78 is 0. The van der Waals surface area contributed by atoms with Crippen LogP contribution in [0.5, 0.6) is 0 Å². The number of pyridine rings is 1. The van der Waals surface area contributed by atoms with E-state index in [0.29, 0.717) is 16.9 Å². The van der Waals surface area contributed by atoms with Crippen molar-refractivity contribution in [2.45, 2.75) is 20.3 Å². The van der Waals surface area contributed by atoms with Gasteiger partial charge in [0.05, 0.1) is 24.0 Å². The molecule has 21 heavy (non-hydrogen) atoms. The highest BCUT2D eigenvalue weighted by atomic mass is 16.4. The summed E-state index contributed by atoms with van der Waals surface area (Å²) in [5.74, 6) is -1.14. The van der Waals surface area contributed by atoms with Gasteiger partial charge in [-0.3, -0.25) is 14.6 Å². The van der Waals surface area contributed by atoms with E-state index in [1.165, 1.54) is 6.20 Å². The Hall–Kier alpha value is -2.69. The van der Waals surface area contributed by atoms with Crippen molar-refractivity contribution in [1.82, 2.24) is 4.98 Å². The lowest BCUT2D eigenvalue weighted by molar-refractivity contribution is -0.136. The van der Waals surface area contributed by atoms with Crippen LogP contribution in [0.25, 0.3) is 0 Å². The van der Waals surface area contributed by atoms with Gasteiger partial charge in [-0.2, -0.15) is 0 Å². The first-order valence-electron chi connectivity index (χ1n) is 6.51. The molecule has 0 atom stereocenters. The lowest BCUT2D eigenvalue weighted by Crippen LogP contribution is -2.14. The Labute approximate surface area is 122 Å². The third-order valence-corrected chi connectivity index (χ3v) is 3.04. The van der Waals surface area contributed by atoms with Gasteiger partial charge in [-0.1, -0.05) is 17.7 Å². The Kier molecular flexibility index (Phi) is 4.33. The van der Waals surface area contributed by atoms with Crippen LogP contribution in [0, 0.1) is 13.8 Å². The molecule has 1 aromatic carbocycles. The number of anilines is 1. The summed E-state index contributed by atoms with van der Waals surface area (Å²) in [5, 5.41) is 11.4. The smallest absolute Gasteiger partial charge is 0.309 e. The van der Waals surface area contributed by atoms with E-state index in [-0.39, 0.29) is 12.3 Å². The lowest BCUT2D eigenvalue weighted by atomic mass is 10.1. The van der Waals surface area contributed by atoms with Crippen LogP contribution in [0.1, 0.15) is 27.2 Å². The molecule has 5 heteroatoms. The number of aromatic nitrogens is 1. The van der Waals surface area contributed by atoms with Gasteiger partial charge in [0.1, 0.15) is 0 Å². The van der Waals surface area contributed by atoms with E-state index in [1.54, 1.807) is 18.2 Å². The Morgan fingerprint density at radius 2 is 1.95 bits per heavy atom. The molecule has 0 spiro atoms. The van der Waals surface area contributed by atoms with Crippen LogP contribution < -0.4 is 5.32 Å². The van der Waals surface area contributed by atoms with E-state index in [4.69, 9.17) is 5.11 Å². The predicted molar refractivity (Wildman–Crippen MR) is 79.4 cm³/mol. The van der Waals surface area contributed by atoms with Crippen molar-refractivity contribution in [1.29, 1.82) is 0 Å². The molecule has 0 bridgehead atoms. The largest absolute Gasteiger partial charge is 0.481 e. The fourth-order valence-corrected chi connectivity index (χ4v) is 2.02. The molecule has 0 fully saturated rings. The average Bonchev–Trinajstić information content (AvgIpc) is 2.40. The molecule has 108 valence electrons. The molecule has 5 nitrogen and oxygen atoms in total. The number of carbonyl (C=O) groups excluding carboxylic acids is 1. The maximum atomic E-state index is 12.2. The standard InChI is InChI=1S/C16H16N2O3/c1-10-3-6-14(11(2)7-10)16(21)18-13-5-4-12(17-9-13)8-15(19)20/h3-7,9H,8H2,1-2H3,(H,18,21)(H,19,20). The van der Waals surface area contributed by atoms with Crippen molar-refractivity contribution in [2.75, 3.05) is 5.32 Å². The Balaban J connectivity index is 2.10. The van der Waals surface area contributed by atoms with Crippen molar-refractivity contribution in [3.05, 3.63) is 58.9 Å². The summed E-state index contributed by atoms with van der Waals surface area (Å²) in [7, 11) is 0. The highest BCUT2D eigenvalue weighted by Crippen LogP contribution is 2.14. The molecule has 2 rings (SSSR count). The van der Waals surface area contributed by atoms with Crippen molar-refractivity contribution < 1.29 is 14.7 Å². The van der Waals surface area contributed by atoms with E-state index < -0.39 is 5.97 Å². The van der Waals surface area contributed by atoms with E-state index in [0.717, 1.165) is 11.1 Å². The molecule has 0 aliphatic carbocycles. The van der Waals surface area contributed by atoms with Crippen molar-refractivity contribution in [3.63, 3.8) is 0 Å². The van der Waals surface area contributed by atoms with Crippen molar-refractivity contribution >= 4 is 17.6 Å². The van der Waals surface area contributed by atoms with Gasteiger partial charge >= 0.3 is 5.97 Å². The third kappa shape index (κ3) is 3.89. The maximum Gasteiger partial charge on any atom is 0.309 e. The lowest BCUT2D eigenvalue weighted by Gasteiger charge is -2.08. The van der Waals surface area contributed by atoms with Crippen molar-refractivity contribution in [3.8, 4) is 0 Å². The molecule has 0 unspecified atom stereocenters. The van der Waals surface area contributed by atoms with Crippen LogP contribution in [0.2, 0.25) is 0 Å². The number of nitrogens with one attached hydrogen (secondary N) is 1. The summed E-state index contributed by atoms with van der Waals surface area (Å²) in [6, 6.07) is 8.85. The van der Waals surface area contributed by atoms with Crippen LogP contribution in [-0.2, 0) is 11.2 Å². The Morgan fingerprint density at radius 1 is 1.19 bits per heavy atom. The summed E-state index contributed by atoms with van der Waals surface area (Å²) in [4.78, 5) is 26.8. The average molecular weight is 284 g/mol. The molecule has 0 saturated carbocycles. The molecule has 0 aliphatic heterocycles. The molecule has 2 aromatic rings. The number of hydrogen-bond acceptors (Lipinski definition) is 3. The Bertz CT molecular complexity index is 678. The number of aliphatic carboxylic acids is 1. The summed E-state index contributed by atoms with van der Waals surface area (Å²) in [5.41, 5.74) is 3.60. The van der Waals surface area contributed by atoms with Crippen LogP contribution in [0.3, 0.4) is 0 Å². The third-order valence-electron chi connectivity index (χ3n) is 3.04. The molecular formula is C16H16N2O3. The second-order valence-corrected chi connectivity index (χ2v) is 4.88. The number of hydrogen-bond donors (Lipinski definition) is 2. The molecule has 0 aliphatic rings. The highest BCUT2D eigenvalue weighted by molar-refractivity contribution is 6.05. The fourth-order valence-electron chi connectivity index (χ4n) is 2.02. The first-order chi connectivity index (χ1) is 9.95. The van der Waals surface area contributed by atoms with Gasteiger partial charge in [0.2, 0.25) is 0 Å². The zero-order chi connectivity index (χ0) is 15.4.